The number of benzene rings is 2. The molecule has 0 bridgehead atoms. The van der Waals surface area contributed by atoms with Crippen LogP contribution in [0.25, 0.3) is 11.4 Å². The highest BCUT2D eigenvalue weighted by Gasteiger charge is 2.09. The summed E-state index contributed by atoms with van der Waals surface area (Å²) in [6.45, 7) is 3.23. The second kappa shape index (κ2) is 13.2. The number of thiocarbonyl (C=S) groups is 1. The summed E-state index contributed by atoms with van der Waals surface area (Å²) in [6.07, 6.45) is 0. The monoisotopic (exact) mass is 526 g/mol. The second-order valence-electron chi connectivity index (χ2n) is 7.63. The molecule has 7 N–H and O–H groups in total. The SMILES string of the molecule is CC(=O)NCCNc1cc(NCCNC(=O)c2ccc(NC(N)=S)cc2)nc(-c2ccc(Cl)cc2)n1. The van der Waals surface area contributed by atoms with Crippen molar-refractivity contribution >= 4 is 58.1 Å². The van der Waals surface area contributed by atoms with Crippen molar-refractivity contribution in [1.82, 2.24) is 20.6 Å². The van der Waals surface area contributed by atoms with E-state index in [1.165, 1.54) is 6.92 Å². The Balaban J connectivity index is 1.60. The molecule has 0 fully saturated rings. The van der Waals surface area contributed by atoms with Gasteiger partial charge in [-0.3, -0.25) is 9.59 Å². The van der Waals surface area contributed by atoms with Crippen molar-refractivity contribution in [3.63, 3.8) is 0 Å². The van der Waals surface area contributed by atoms with Crippen LogP contribution >= 0.6 is 23.8 Å². The lowest BCUT2D eigenvalue weighted by molar-refractivity contribution is -0.118. The molecule has 3 aromatic rings. The Bertz CT molecular complexity index is 1210. The number of carbonyl (C=O) groups excluding carboxylic acids is 2. The Kier molecular flexibility index (Phi) is 9.78. The molecular weight excluding hydrogens is 500 g/mol. The maximum Gasteiger partial charge on any atom is 0.251 e. The summed E-state index contributed by atoms with van der Waals surface area (Å²) in [4.78, 5) is 32.7. The van der Waals surface area contributed by atoms with Crippen LogP contribution in [0.15, 0.2) is 54.6 Å². The lowest BCUT2D eigenvalue weighted by Crippen LogP contribution is -2.29. The number of nitrogens with one attached hydrogen (secondary N) is 5. The summed E-state index contributed by atoms with van der Waals surface area (Å²) < 4.78 is 0. The molecule has 0 aliphatic rings. The van der Waals surface area contributed by atoms with Crippen LogP contribution < -0.4 is 32.3 Å². The third kappa shape index (κ3) is 8.67. The average molecular weight is 527 g/mol. The van der Waals surface area contributed by atoms with Crippen LogP contribution in [0, 0.1) is 0 Å². The Morgan fingerprint density at radius 3 is 2.03 bits per heavy atom. The normalized spacial score (nSPS) is 10.3. The Hall–Kier alpha value is -3.96. The minimum Gasteiger partial charge on any atom is -0.376 e. The van der Waals surface area contributed by atoms with E-state index in [1.807, 2.05) is 12.1 Å². The van der Waals surface area contributed by atoms with Gasteiger partial charge in [0.05, 0.1) is 0 Å². The van der Waals surface area contributed by atoms with Gasteiger partial charge in [-0.25, -0.2) is 9.97 Å². The van der Waals surface area contributed by atoms with Crippen molar-refractivity contribution in [2.24, 2.45) is 5.73 Å². The zero-order chi connectivity index (χ0) is 25.9. The Morgan fingerprint density at radius 2 is 1.47 bits per heavy atom. The van der Waals surface area contributed by atoms with Crippen molar-refractivity contribution in [2.75, 3.05) is 42.1 Å². The molecular formula is C24H27ClN8O2S. The number of carbonyl (C=O) groups is 2. The van der Waals surface area contributed by atoms with E-state index in [1.54, 1.807) is 42.5 Å². The highest BCUT2D eigenvalue weighted by atomic mass is 35.5. The van der Waals surface area contributed by atoms with Gasteiger partial charge in [0.1, 0.15) is 11.6 Å². The quantitative estimate of drug-likeness (QED) is 0.164. The third-order valence-electron chi connectivity index (χ3n) is 4.76. The molecule has 12 heteroatoms. The van der Waals surface area contributed by atoms with Gasteiger partial charge >= 0.3 is 0 Å². The van der Waals surface area contributed by atoms with Crippen LogP contribution in [-0.4, -0.2) is 53.1 Å². The number of hydrogen-bond acceptors (Lipinski definition) is 7. The molecule has 0 spiro atoms. The van der Waals surface area contributed by atoms with Gasteiger partial charge in [0.2, 0.25) is 5.91 Å². The van der Waals surface area contributed by atoms with Crippen molar-refractivity contribution in [1.29, 1.82) is 0 Å². The van der Waals surface area contributed by atoms with E-state index in [9.17, 15) is 9.59 Å². The summed E-state index contributed by atoms with van der Waals surface area (Å²) in [6, 6.07) is 15.8. The predicted molar refractivity (Wildman–Crippen MR) is 147 cm³/mol. The fourth-order valence-corrected chi connectivity index (χ4v) is 3.35. The maximum atomic E-state index is 12.4. The standard InChI is InChI=1S/C24H27ClN8O2S/c1-15(34)27-10-11-28-20-14-21(33-22(32-20)16-2-6-18(25)7-3-16)29-12-13-30-23(35)17-4-8-19(9-5-17)31-24(26)36/h2-9,14H,10-13H2,1H3,(H,27,34)(H,30,35)(H3,26,31,36)(H2,28,29,32,33). The molecule has 0 atom stereocenters. The van der Waals surface area contributed by atoms with Crippen LogP contribution in [0.4, 0.5) is 17.3 Å². The molecule has 1 aromatic heterocycles. The molecule has 2 amide bonds. The van der Waals surface area contributed by atoms with E-state index in [2.05, 4.69) is 36.6 Å². The minimum atomic E-state index is -0.205. The number of rotatable bonds is 11. The molecule has 3 rings (SSSR count). The number of anilines is 3. The van der Waals surface area contributed by atoms with Crippen LogP contribution in [0.3, 0.4) is 0 Å². The largest absolute Gasteiger partial charge is 0.376 e. The Morgan fingerprint density at radius 1 is 0.889 bits per heavy atom. The summed E-state index contributed by atoms with van der Waals surface area (Å²) in [5.74, 6) is 1.38. The Labute approximate surface area is 219 Å². The average Bonchev–Trinajstić information content (AvgIpc) is 2.85. The molecule has 0 saturated heterocycles. The van der Waals surface area contributed by atoms with E-state index in [-0.39, 0.29) is 16.9 Å². The van der Waals surface area contributed by atoms with E-state index in [0.29, 0.717) is 59.9 Å². The number of hydrogen-bond donors (Lipinski definition) is 6. The number of nitrogens with zero attached hydrogens (tertiary/aromatic N) is 2. The molecule has 0 aliphatic carbocycles. The van der Waals surface area contributed by atoms with E-state index >= 15 is 0 Å². The van der Waals surface area contributed by atoms with Crippen molar-refractivity contribution in [3.05, 3.63) is 65.2 Å². The van der Waals surface area contributed by atoms with Gasteiger partial charge < -0.3 is 32.3 Å². The van der Waals surface area contributed by atoms with Crippen molar-refractivity contribution < 1.29 is 9.59 Å². The van der Waals surface area contributed by atoms with Gasteiger partial charge in [0.25, 0.3) is 5.91 Å². The molecule has 1 heterocycles. The zero-order valence-corrected chi connectivity index (χ0v) is 21.2. The lowest BCUT2D eigenvalue weighted by Gasteiger charge is -2.12. The first-order valence-corrected chi connectivity index (χ1v) is 11.9. The number of amides is 2. The van der Waals surface area contributed by atoms with E-state index in [0.717, 1.165) is 5.56 Å². The maximum absolute atomic E-state index is 12.4. The van der Waals surface area contributed by atoms with Crippen molar-refractivity contribution in [2.45, 2.75) is 6.92 Å². The van der Waals surface area contributed by atoms with Gasteiger partial charge in [0.15, 0.2) is 10.9 Å². The van der Waals surface area contributed by atoms with E-state index in [4.69, 9.17) is 29.6 Å². The molecule has 0 aliphatic heterocycles. The van der Waals surface area contributed by atoms with Crippen molar-refractivity contribution in [3.8, 4) is 11.4 Å². The third-order valence-corrected chi connectivity index (χ3v) is 5.12. The molecule has 0 unspecified atom stereocenters. The number of halogens is 1. The molecule has 10 nitrogen and oxygen atoms in total. The molecule has 0 saturated carbocycles. The zero-order valence-electron chi connectivity index (χ0n) is 19.6. The first-order valence-electron chi connectivity index (χ1n) is 11.1. The lowest BCUT2D eigenvalue weighted by atomic mass is 10.2. The highest BCUT2D eigenvalue weighted by Crippen LogP contribution is 2.22. The van der Waals surface area contributed by atoms with E-state index < -0.39 is 0 Å². The summed E-state index contributed by atoms with van der Waals surface area (Å²) in [5.41, 5.74) is 7.48. The first-order chi connectivity index (χ1) is 17.3. The van der Waals surface area contributed by atoms with Gasteiger partial charge in [-0.15, -0.1) is 0 Å². The fourth-order valence-electron chi connectivity index (χ4n) is 3.10. The van der Waals surface area contributed by atoms with Crippen LogP contribution in [0.1, 0.15) is 17.3 Å². The van der Waals surface area contributed by atoms with Crippen LogP contribution in [-0.2, 0) is 4.79 Å². The van der Waals surface area contributed by atoms with Gasteiger partial charge in [0, 0.05) is 61.0 Å². The minimum absolute atomic E-state index is 0.0991. The number of nitrogens with two attached hydrogens (primary N) is 1. The summed E-state index contributed by atoms with van der Waals surface area (Å²) in [5, 5.41) is 15.6. The van der Waals surface area contributed by atoms with Crippen LogP contribution in [0.5, 0.6) is 0 Å². The molecule has 36 heavy (non-hydrogen) atoms. The fraction of sp³-hybridized carbons (Fsp3) is 0.208. The smallest absolute Gasteiger partial charge is 0.251 e. The highest BCUT2D eigenvalue weighted by molar-refractivity contribution is 7.80. The van der Waals surface area contributed by atoms with Crippen LogP contribution in [0.2, 0.25) is 5.02 Å². The number of aromatic nitrogens is 2. The summed E-state index contributed by atoms with van der Waals surface area (Å²) >= 11 is 10.8. The molecule has 188 valence electrons. The predicted octanol–water partition coefficient (Wildman–Crippen LogP) is 2.84. The van der Waals surface area contributed by atoms with Gasteiger partial charge in [-0.05, 0) is 60.7 Å². The first kappa shape index (κ1) is 26.6. The molecule has 0 radical (unpaired) electrons. The molecule has 2 aromatic carbocycles. The summed E-state index contributed by atoms with van der Waals surface area (Å²) in [7, 11) is 0. The van der Waals surface area contributed by atoms with Gasteiger partial charge in [-0.2, -0.15) is 0 Å². The topological polar surface area (TPSA) is 146 Å². The van der Waals surface area contributed by atoms with Gasteiger partial charge in [-0.1, -0.05) is 11.6 Å². The second-order valence-corrected chi connectivity index (χ2v) is 8.50.